The summed E-state index contributed by atoms with van der Waals surface area (Å²) in [7, 11) is 2.17. The second-order valence-electron chi connectivity index (χ2n) is 5.52. The van der Waals surface area contributed by atoms with E-state index in [4.69, 9.17) is 16.3 Å². The molecule has 0 saturated heterocycles. The fourth-order valence-corrected chi connectivity index (χ4v) is 3.55. The lowest BCUT2D eigenvalue weighted by molar-refractivity contribution is -0.144. The summed E-state index contributed by atoms with van der Waals surface area (Å²) >= 11 is 6.83. The molecule has 0 saturated carbocycles. The van der Waals surface area contributed by atoms with Crippen molar-refractivity contribution in [1.29, 1.82) is 0 Å². The van der Waals surface area contributed by atoms with Crippen molar-refractivity contribution in [3.63, 3.8) is 0 Å². The summed E-state index contributed by atoms with van der Waals surface area (Å²) in [6.45, 7) is 0.0131. The number of hydrogen-bond donors (Lipinski definition) is 0. The van der Waals surface area contributed by atoms with E-state index < -0.39 is 39.9 Å². The highest BCUT2D eigenvalue weighted by Gasteiger charge is 2.35. The van der Waals surface area contributed by atoms with Gasteiger partial charge < -0.3 is 9.53 Å². The summed E-state index contributed by atoms with van der Waals surface area (Å²) in [5.74, 6) is -1.09. The van der Waals surface area contributed by atoms with Crippen LogP contribution in [0.25, 0.3) is 5.69 Å². The first-order chi connectivity index (χ1) is 13.0. The monoisotopic (exact) mass is 440 g/mol. The molecule has 2 rings (SSSR count). The molecule has 1 aromatic heterocycles. The van der Waals surface area contributed by atoms with Crippen LogP contribution in [0.2, 0.25) is 5.02 Å². The Balaban J connectivity index is 2.68. The van der Waals surface area contributed by atoms with Crippen molar-refractivity contribution in [2.75, 3.05) is 13.7 Å². The number of carbonyl (C=O) groups excluding carboxylic acids is 1. The topological polar surface area (TPSA) is 70.3 Å². The van der Waals surface area contributed by atoms with E-state index in [2.05, 4.69) is 0 Å². The molecule has 12 heteroatoms. The molecule has 152 valence electrons. The fourth-order valence-electron chi connectivity index (χ4n) is 2.33. The zero-order chi connectivity index (χ0) is 21.2. The average Bonchev–Trinajstić information content (AvgIpc) is 2.60. The number of nitrogens with zero attached hydrogens (tertiary/aromatic N) is 2. The third-order valence-corrected chi connectivity index (χ3v) is 5.18. The van der Waals surface area contributed by atoms with Gasteiger partial charge in [0, 0.05) is 25.1 Å². The van der Waals surface area contributed by atoms with Crippen molar-refractivity contribution in [1.82, 2.24) is 9.13 Å². The lowest BCUT2D eigenvalue weighted by Gasteiger charge is -2.16. The van der Waals surface area contributed by atoms with Crippen molar-refractivity contribution in [3.05, 3.63) is 55.6 Å². The van der Waals surface area contributed by atoms with Crippen LogP contribution in [-0.4, -0.2) is 34.4 Å². The van der Waals surface area contributed by atoms with Crippen LogP contribution in [-0.2, 0) is 22.8 Å². The number of methoxy groups -OCH3 is 1. The number of halogens is 5. The molecule has 1 aromatic carbocycles. The molecule has 2 aromatic rings. The van der Waals surface area contributed by atoms with E-state index in [1.165, 1.54) is 7.11 Å². The molecular weight excluding hydrogens is 428 g/mol. The average molecular weight is 441 g/mol. The minimum absolute atomic E-state index is 0.0131. The van der Waals surface area contributed by atoms with Crippen LogP contribution in [0.5, 0.6) is 0 Å². The summed E-state index contributed by atoms with van der Waals surface area (Å²) in [4.78, 5) is 35.7. The molecule has 6 nitrogen and oxygen atoms in total. The van der Waals surface area contributed by atoms with Gasteiger partial charge in [-0.3, -0.25) is 9.36 Å². The molecule has 0 N–H and O–H groups in total. The Labute approximate surface area is 164 Å². The highest BCUT2D eigenvalue weighted by molar-refractivity contribution is 8.00. The molecule has 0 aliphatic heterocycles. The van der Waals surface area contributed by atoms with Crippen LogP contribution in [0.1, 0.15) is 5.69 Å². The second-order valence-corrected chi connectivity index (χ2v) is 7.21. The molecule has 1 heterocycles. The van der Waals surface area contributed by atoms with Gasteiger partial charge in [-0.2, -0.15) is 13.2 Å². The molecule has 0 bridgehead atoms. The van der Waals surface area contributed by atoms with E-state index in [0.717, 1.165) is 30.9 Å². The number of thioether (sulfide) groups is 1. The summed E-state index contributed by atoms with van der Waals surface area (Å²) in [5, 5.41) is -0.820. The molecule has 28 heavy (non-hydrogen) atoms. The fraction of sp³-hybridized carbons (Fsp3) is 0.312. The lowest BCUT2D eigenvalue weighted by Crippen LogP contribution is -2.41. The highest BCUT2D eigenvalue weighted by atomic mass is 35.5. The lowest BCUT2D eigenvalue weighted by atomic mass is 10.3. The number of alkyl halides is 3. The Bertz CT molecular complexity index is 1020. The minimum Gasteiger partial charge on any atom is -0.383 e. The van der Waals surface area contributed by atoms with Crippen LogP contribution in [0.3, 0.4) is 0 Å². The van der Waals surface area contributed by atoms with E-state index in [1.54, 1.807) is 0 Å². The molecule has 0 aliphatic rings. The van der Waals surface area contributed by atoms with Gasteiger partial charge in [0.25, 0.3) is 5.56 Å². The van der Waals surface area contributed by atoms with Gasteiger partial charge in [0.1, 0.15) is 17.8 Å². The SMILES string of the molecule is COCC(C=O)Sc1cc(-n2c(=O)cc(C(F)(F)F)n(C)c2=O)c(F)cc1Cl. The quantitative estimate of drug-likeness (QED) is 0.392. The molecule has 1 atom stereocenters. The standard InChI is InChI=1S/C16H13ClF4N2O4S/c1-22-13(16(19,20)21)5-14(25)23(15(22)26)11-4-12(9(17)3-10(11)18)28-8(6-24)7-27-2/h3-6,8H,7H2,1-2H3. The third-order valence-electron chi connectivity index (χ3n) is 3.61. The Morgan fingerprint density at radius 3 is 2.46 bits per heavy atom. The van der Waals surface area contributed by atoms with E-state index >= 15 is 0 Å². The van der Waals surface area contributed by atoms with Crippen LogP contribution >= 0.6 is 23.4 Å². The smallest absolute Gasteiger partial charge is 0.383 e. The molecule has 0 amide bonds. The third kappa shape index (κ3) is 4.47. The maximum Gasteiger partial charge on any atom is 0.431 e. The van der Waals surface area contributed by atoms with Crippen molar-refractivity contribution >= 4 is 29.6 Å². The van der Waals surface area contributed by atoms with Crippen molar-refractivity contribution in [3.8, 4) is 5.69 Å². The minimum atomic E-state index is -4.94. The summed E-state index contributed by atoms with van der Waals surface area (Å²) < 4.78 is 58.5. The maximum atomic E-state index is 14.4. The molecule has 0 aliphatic carbocycles. The maximum absolute atomic E-state index is 14.4. The molecular formula is C16H13ClF4N2O4S. The largest absolute Gasteiger partial charge is 0.431 e. The zero-order valence-corrected chi connectivity index (χ0v) is 16.0. The van der Waals surface area contributed by atoms with Gasteiger partial charge in [0.15, 0.2) is 0 Å². The van der Waals surface area contributed by atoms with Gasteiger partial charge >= 0.3 is 11.9 Å². The summed E-state index contributed by atoms with van der Waals surface area (Å²) in [6.07, 6.45) is -4.38. The Kier molecular flexibility index (Phi) is 6.73. The molecule has 0 spiro atoms. The van der Waals surface area contributed by atoms with Gasteiger partial charge in [-0.1, -0.05) is 11.6 Å². The van der Waals surface area contributed by atoms with Crippen molar-refractivity contribution < 1.29 is 27.1 Å². The summed E-state index contributed by atoms with van der Waals surface area (Å²) in [6, 6.07) is 2.02. The van der Waals surface area contributed by atoms with Crippen LogP contribution in [0.4, 0.5) is 17.6 Å². The number of rotatable bonds is 6. The van der Waals surface area contributed by atoms with Gasteiger partial charge in [0.05, 0.1) is 22.6 Å². The molecule has 0 fully saturated rings. The first kappa shape index (κ1) is 22.2. The van der Waals surface area contributed by atoms with E-state index in [1.807, 2.05) is 0 Å². The summed E-state index contributed by atoms with van der Waals surface area (Å²) in [5.41, 5.74) is -4.81. The van der Waals surface area contributed by atoms with Crippen molar-refractivity contribution in [2.24, 2.45) is 7.05 Å². The van der Waals surface area contributed by atoms with Crippen LogP contribution in [0.15, 0.2) is 32.7 Å². The molecule has 0 radical (unpaired) electrons. The Morgan fingerprint density at radius 2 is 1.93 bits per heavy atom. The predicted molar refractivity (Wildman–Crippen MR) is 94.8 cm³/mol. The predicted octanol–water partition coefficient (Wildman–Crippen LogP) is 2.65. The van der Waals surface area contributed by atoms with Crippen LogP contribution < -0.4 is 11.2 Å². The number of hydrogen-bond acceptors (Lipinski definition) is 5. The Hall–Kier alpha value is -2.11. The first-order valence-electron chi connectivity index (χ1n) is 7.51. The van der Waals surface area contributed by atoms with E-state index in [9.17, 15) is 31.9 Å². The number of aldehydes is 1. The van der Waals surface area contributed by atoms with Gasteiger partial charge in [-0.15, -0.1) is 11.8 Å². The van der Waals surface area contributed by atoms with Crippen LogP contribution in [0, 0.1) is 5.82 Å². The normalized spacial score (nSPS) is 12.8. The van der Waals surface area contributed by atoms with E-state index in [-0.39, 0.29) is 31.7 Å². The van der Waals surface area contributed by atoms with Crippen molar-refractivity contribution in [2.45, 2.75) is 16.3 Å². The number of benzene rings is 1. The highest BCUT2D eigenvalue weighted by Crippen LogP contribution is 2.33. The van der Waals surface area contributed by atoms with Gasteiger partial charge in [0.2, 0.25) is 0 Å². The van der Waals surface area contributed by atoms with Gasteiger partial charge in [-0.25, -0.2) is 13.8 Å². The molecule has 1 unspecified atom stereocenters. The van der Waals surface area contributed by atoms with Gasteiger partial charge in [-0.05, 0) is 12.1 Å². The second kappa shape index (κ2) is 8.50. The number of ether oxygens (including phenoxy) is 1. The number of aromatic nitrogens is 2. The number of carbonyl (C=O) groups is 1. The first-order valence-corrected chi connectivity index (χ1v) is 8.77. The zero-order valence-electron chi connectivity index (χ0n) is 14.4. The van der Waals surface area contributed by atoms with E-state index in [0.29, 0.717) is 6.29 Å². The Morgan fingerprint density at radius 1 is 1.29 bits per heavy atom.